The summed E-state index contributed by atoms with van der Waals surface area (Å²) in [7, 11) is 0. The summed E-state index contributed by atoms with van der Waals surface area (Å²) >= 11 is 5.86. The first kappa shape index (κ1) is 13.4. The van der Waals surface area contributed by atoms with Crippen LogP contribution in [0.25, 0.3) is 0 Å². The van der Waals surface area contributed by atoms with Gasteiger partial charge in [0.15, 0.2) is 0 Å². The molecule has 1 fully saturated rings. The van der Waals surface area contributed by atoms with E-state index in [0.717, 1.165) is 23.4 Å². The Kier molecular flexibility index (Phi) is 4.25. The van der Waals surface area contributed by atoms with Crippen LogP contribution in [0.4, 0.5) is 0 Å². The van der Waals surface area contributed by atoms with E-state index in [9.17, 15) is 4.79 Å². The Balaban J connectivity index is 2.06. The number of benzene rings is 1. The van der Waals surface area contributed by atoms with Gasteiger partial charge in [-0.1, -0.05) is 30.7 Å². The second kappa shape index (κ2) is 5.72. The van der Waals surface area contributed by atoms with E-state index < -0.39 is 0 Å². The molecule has 2 N–H and O–H groups in total. The summed E-state index contributed by atoms with van der Waals surface area (Å²) in [6, 6.07) is 8.07. The van der Waals surface area contributed by atoms with Gasteiger partial charge in [-0.15, -0.1) is 0 Å². The molecule has 1 aromatic rings. The lowest BCUT2D eigenvalue weighted by Gasteiger charge is -2.25. The van der Waals surface area contributed by atoms with Gasteiger partial charge in [-0.05, 0) is 30.5 Å². The minimum atomic E-state index is -0.0992. The first-order valence-electron chi connectivity index (χ1n) is 6.37. The molecule has 98 valence electrons. The molecule has 4 heteroatoms. The van der Waals surface area contributed by atoms with Crippen LogP contribution in [0.3, 0.4) is 0 Å². The average molecular weight is 267 g/mol. The summed E-state index contributed by atoms with van der Waals surface area (Å²) in [6.07, 6.45) is 2.22. The maximum atomic E-state index is 12.2. The molecule has 1 aromatic carbocycles. The van der Waals surface area contributed by atoms with Crippen molar-refractivity contribution in [3.8, 4) is 0 Å². The minimum Gasteiger partial charge on any atom is -0.335 e. The molecule has 3 nitrogen and oxygen atoms in total. The lowest BCUT2D eigenvalue weighted by molar-refractivity contribution is -0.135. The second-order valence-corrected chi connectivity index (χ2v) is 5.40. The highest BCUT2D eigenvalue weighted by molar-refractivity contribution is 6.30. The van der Waals surface area contributed by atoms with Crippen molar-refractivity contribution in [2.45, 2.75) is 32.4 Å². The van der Waals surface area contributed by atoms with Gasteiger partial charge in [0.2, 0.25) is 5.91 Å². The van der Waals surface area contributed by atoms with Crippen molar-refractivity contribution >= 4 is 17.5 Å². The van der Waals surface area contributed by atoms with Crippen molar-refractivity contribution in [3.63, 3.8) is 0 Å². The molecule has 0 heterocycles. The van der Waals surface area contributed by atoms with Crippen LogP contribution in [0.5, 0.6) is 0 Å². The van der Waals surface area contributed by atoms with Gasteiger partial charge in [0.25, 0.3) is 0 Å². The highest BCUT2D eigenvalue weighted by Crippen LogP contribution is 2.29. The van der Waals surface area contributed by atoms with E-state index in [0.29, 0.717) is 19.1 Å². The number of hydrogen-bond acceptors (Lipinski definition) is 2. The zero-order chi connectivity index (χ0) is 13.1. The molecule has 1 aliphatic carbocycles. The van der Waals surface area contributed by atoms with Gasteiger partial charge in [0.05, 0.1) is 0 Å². The van der Waals surface area contributed by atoms with E-state index in [1.54, 1.807) is 0 Å². The van der Waals surface area contributed by atoms with Crippen LogP contribution < -0.4 is 5.73 Å². The molecule has 0 saturated heterocycles. The molecule has 18 heavy (non-hydrogen) atoms. The van der Waals surface area contributed by atoms with Crippen molar-refractivity contribution in [2.75, 3.05) is 6.54 Å². The van der Waals surface area contributed by atoms with Crippen LogP contribution in [0, 0.1) is 5.92 Å². The number of nitrogens with zero attached hydrogens (tertiary/aromatic N) is 1. The molecule has 1 aliphatic rings. The topological polar surface area (TPSA) is 46.3 Å². The number of rotatable bonds is 5. The fraction of sp³-hybridized carbons (Fsp3) is 0.500. The Morgan fingerprint density at radius 2 is 2.06 bits per heavy atom. The summed E-state index contributed by atoms with van der Waals surface area (Å²) in [5.41, 5.74) is 6.69. The van der Waals surface area contributed by atoms with Crippen molar-refractivity contribution in [2.24, 2.45) is 11.7 Å². The van der Waals surface area contributed by atoms with Crippen LogP contribution in [0.15, 0.2) is 24.3 Å². The molecule has 0 bridgehead atoms. The predicted molar refractivity (Wildman–Crippen MR) is 73.2 cm³/mol. The number of nitrogens with two attached hydrogens (primary N) is 1. The molecular weight excluding hydrogens is 248 g/mol. The molecule has 1 saturated carbocycles. The third-order valence-corrected chi connectivity index (χ3v) is 3.56. The van der Waals surface area contributed by atoms with Gasteiger partial charge in [-0.3, -0.25) is 4.79 Å². The fourth-order valence-electron chi connectivity index (χ4n) is 1.94. The minimum absolute atomic E-state index is 0.0992. The van der Waals surface area contributed by atoms with Crippen LogP contribution >= 0.6 is 11.6 Å². The van der Waals surface area contributed by atoms with E-state index in [4.69, 9.17) is 17.3 Å². The smallest absolute Gasteiger partial charge is 0.227 e. The van der Waals surface area contributed by atoms with Crippen LogP contribution in [0.2, 0.25) is 5.02 Å². The van der Waals surface area contributed by atoms with E-state index in [-0.39, 0.29) is 11.8 Å². The molecule has 0 aliphatic heterocycles. The first-order valence-corrected chi connectivity index (χ1v) is 6.74. The van der Waals surface area contributed by atoms with Crippen LogP contribution in [-0.4, -0.2) is 23.4 Å². The Morgan fingerprint density at radius 3 is 2.56 bits per heavy atom. The zero-order valence-electron chi connectivity index (χ0n) is 10.6. The Bertz CT molecular complexity index is 414. The quantitative estimate of drug-likeness (QED) is 0.890. The third-order valence-electron chi connectivity index (χ3n) is 3.31. The Labute approximate surface area is 113 Å². The zero-order valence-corrected chi connectivity index (χ0v) is 11.4. The predicted octanol–water partition coefficient (Wildman–Crippen LogP) is 2.43. The molecule has 0 spiro atoms. The maximum absolute atomic E-state index is 12.2. The largest absolute Gasteiger partial charge is 0.335 e. The van der Waals surface area contributed by atoms with Gasteiger partial charge >= 0.3 is 0 Å². The van der Waals surface area contributed by atoms with Crippen molar-refractivity contribution in [1.29, 1.82) is 0 Å². The summed E-state index contributed by atoms with van der Waals surface area (Å²) in [6.45, 7) is 2.95. The van der Waals surface area contributed by atoms with E-state index in [1.165, 1.54) is 0 Å². The SMILES string of the molecule is CC(CN)C(=O)N(Cc1ccc(Cl)cc1)C1CC1. The average Bonchev–Trinajstić information content (AvgIpc) is 3.20. The first-order chi connectivity index (χ1) is 8.61. The lowest BCUT2D eigenvalue weighted by atomic mass is 10.1. The van der Waals surface area contributed by atoms with Gasteiger partial charge in [0, 0.05) is 30.1 Å². The van der Waals surface area contributed by atoms with Crippen molar-refractivity contribution < 1.29 is 4.79 Å². The monoisotopic (exact) mass is 266 g/mol. The number of hydrogen-bond donors (Lipinski definition) is 1. The van der Waals surface area contributed by atoms with E-state index in [1.807, 2.05) is 36.1 Å². The van der Waals surface area contributed by atoms with Gasteiger partial charge in [0.1, 0.15) is 0 Å². The van der Waals surface area contributed by atoms with E-state index >= 15 is 0 Å². The molecular formula is C14H19ClN2O. The number of carbonyl (C=O) groups is 1. The Morgan fingerprint density at radius 1 is 1.44 bits per heavy atom. The van der Waals surface area contributed by atoms with Crippen LogP contribution in [0.1, 0.15) is 25.3 Å². The summed E-state index contributed by atoms with van der Waals surface area (Å²) in [5.74, 6) is 0.0628. The maximum Gasteiger partial charge on any atom is 0.227 e. The highest BCUT2D eigenvalue weighted by Gasteiger charge is 2.34. The molecule has 1 amide bonds. The van der Waals surface area contributed by atoms with Gasteiger partial charge < -0.3 is 10.6 Å². The number of carbonyl (C=O) groups excluding carboxylic acids is 1. The normalized spacial score (nSPS) is 16.4. The second-order valence-electron chi connectivity index (χ2n) is 4.96. The van der Waals surface area contributed by atoms with Crippen molar-refractivity contribution in [1.82, 2.24) is 4.90 Å². The molecule has 2 rings (SSSR count). The Hall–Kier alpha value is -1.06. The summed E-state index contributed by atoms with van der Waals surface area (Å²) in [4.78, 5) is 14.2. The molecule has 1 atom stereocenters. The molecule has 0 radical (unpaired) electrons. The van der Waals surface area contributed by atoms with Gasteiger partial charge in [-0.25, -0.2) is 0 Å². The van der Waals surface area contributed by atoms with Crippen molar-refractivity contribution in [3.05, 3.63) is 34.9 Å². The summed E-state index contributed by atoms with van der Waals surface area (Å²) in [5, 5.41) is 0.721. The third kappa shape index (κ3) is 3.24. The standard InChI is InChI=1S/C14H19ClN2O/c1-10(8-16)14(18)17(13-6-7-13)9-11-2-4-12(15)5-3-11/h2-5,10,13H,6-9,16H2,1H3. The number of amides is 1. The molecule has 1 unspecified atom stereocenters. The number of halogens is 1. The molecule has 0 aromatic heterocycles. The van der Waals surface area contributed by atoms with E-state index in [2.05, 4.69) is 0 Å². The fourth-order valence-corrected chi connectivity index (χ4v) is 2.07. The highest BCUT2D eigenvalue weighted by atomic mass is 35.5. The van der Waals surface area contributed by atoms with Crippen LogP contribution in [-0.2, 0) is 11.3 Å². The van der Waals surface area contributed by atoms with Gasteiger partial charge in [-0.2, -0.15) is 0 Å². The summed E-state index contributed by atoms with van der Waals surface area (Å²) < 4.78 is 0. The lowest BCUT2D eigenvalue weighted by Crippen LogP contribution is -2.38.